The molecule has 0 spiro atoms. The Labute approximate surface area is 171 Å². The fraction of sp³-hybridized carbons (Fsp3) is 0.444. The average molecular weight is 458 g/mol. The molecule has 1 aromatic carbocycles. The minimum atomic E-state index is -6.37. The first kappa shape index (κ1) is 24.3. The normalized spacial score (nSPS) is 17.7. The quantitative estimate of drug-likeness (QED) is 0.335. The first-order valence-corrected chi connectivity index (χ1v) is 8.68. The van der Waals surface area contributed by atoms with Crippen molar-refractivity contribution in [2.24, 2.45) is 0 Å². The van der Waals surface area contributed by atoms with Crippen molar-refractivity contribution in [1.29, 1.82) is 0 Å². The highest BCUT2D eigenvalue weighted by Crippen LogP contribution is 2.51. The van der Waals surface area contributed by atoms with E-state index in [0.717, 1.165) is 0 Å². The molecule has 0 saturated heterocycles. The SMILES string of the molecule is CCOC1=CC(C(F)(C(F)(F)F)C(F)(F)F)N(Cc2ccc(OC)cc2)C=C1[N+](=O)[O-]. The van der Waals surface area contributed by atoms with Crippen molar-refractivity contribution in [1.82, 2.24) is 4.90 Å². The zero-order chi connectivity index (χ0) is 23.6. The largest absolute Gasteiger partial charge is 0.497 e. The highest BCUT2D eigenvalue weighted by Gasteiger charge is 2.77. The van der Waals surface area contributed by atoms with Gasteiger partial charge >= 0.3 is 23.7 Å². The zero-order valence-corrected chi connectivity index (χ0v) is 16.1. The summed E-state index contributed by atoms with van der Waals surface area (Å²) < 4.78 is 105. The second-order valence-corrected chi connectivity index (χ2v) is 6.41. The summed E-state index contributed by atoms with van der Waals surface area (Å²) in [5.74, 6) is -0.538. The lowest BCUT2D eigenvalue weighted by Gasteiger charge is -2.42. The van der Waals surface area contributed by atoms with Crippen LogP contribution >= 0.6 is 0 Å². The molecular formula is C18H17F7N2O4. The predicted octanol–water partition coefficient (Wildman–Crippen LogP) is 4.75. The van der Waals surface area contributed by atoms with Crippen LogP contribution in [0.5, 0.6) is 5.75 Å². The van der Waals surface area contributed by atoms with Crippen molar-refractivity contribution in [3.8, 4) is 5.75 Å². The molecule has 0 radical (unpaired) electrons. The fourth-order valence-corrected chi connectivity index (χ4v) is 2.97. The topological polar surface area (TPSA) is 64.8 Å². The van der Waals surface area contributed by atoms with E-state index in [-0.39, 0.29) is 23.1 Å². The number of nitro groups is 1. The summed E-state index contributed by atoms with van der Waals surface area (Å²) in [6.07, 6.45) is -12.2. The maximum atomic E-state index is 14.9. The lowest BCUT2D eigenvalue weighted by molar-refractivity contribution is -0.426. The van der Waals surface area contributed by atoms with Gasteiger partial charge in [-0.3, -0.25) is 10.1 Å². The van der Waals surface area contributed by atoms with Crippen molar-refractivity contribution < 1.29 is 45.1 Å². The molecular weight excluding hydrogens is 441 g/mol. The molecule has 31 heavy (non-hydrogen) atoms. The van der Waals surface area contributed by atoms with Gasteiger partial charge in [0.1, 0.15) is 11.8 Å². The lowest BCUT2D eigenvalue weighted by atomic mass is 9.90. The van der Waals surface area contributed by atoms with Gasteiger partial charge in [0, 0.05) is 6.54 Å². The molecule has 0 amide bonds. The number of benzene rings is 1. The first-order valence-electron chi connectivity index (χ1n) is 8.68. The summed E-state index contributed by atoms with van der Waals surface area (Å²) in [6.45, 7) is 0.312. The van der Waals surface area contributed by atoms with E-state index >= 15 is 0 Å². The van der Waals surface area contributed by atoms with Crippen molar-refractivity contribution in [3.63, 3.8) is 0 Å². The highest BCUT2D eigenvalue weighted by molar-refractivity contribution is 5.32. The Bertz CT molecular complexity index is 849. The van der Waals surface area contributed by atoms with Gasteiger partial charge in [-0.15, -0.1) is 0 Å². The molecule has 1 aliphatic heterocycles. The zero-order valence-electron chi connectivity index (χ0n) is 16.1. The molecule has 6 nitrogen and oxygen atoms in total. The van der Waals surface area contributed by atoms with E-state index in [1.807, 2.05) is 0 Å². The number of ether oxygens (including phenoxy) is 2. The molecule has 1 aromatic rings. The number of nitrogens with zero attached hydrogens (tertiary/aromatic N) is 2. The summed E-state index contributed by atoms with van der Waals surface area (Å²) in [4.78, 5) is 10.5. The van der Waals surface area contributed by atoms with Gasteiger partial charge in [0.25, 0.3) is 0 Å². The van der Waals surface area contributed by atoms with E-state index in [1.54, 1.807) is 0 Å². The summed E-state index contributed by atoms with van der Waals surface area (Å²) in [5.41, 5.74) is -6.48. The second-order valence-electron chi connectivity index (χ2n) is 6.41. The summed E-state index contributed by atoms with van der Waals surface area (Å²) >= 11 is 0. The summed E-state index contributed by atoms with van der Waals surface area (Å²) in [7, 11) is 1.34. The first-order chi connectivity index (χ1) is 14.3. The van der Waals surface area contributed by atoms with E-state index < -0.39 is 47.0 Å². The van der Waals surface area contributed by atoms with Crippen LogP contribution in [0.3, 0.4) is 0 Å². The van der Waals surface area contributed by atoms with E-state index in [1.165, 1.54) is 38.3 Å². The molecule has 0 aliphatic carbocycles. The Kier molecular flexibility index (Phi) is 6.76. The third-order valence-corrected chi connectivity index (χ3v) is 4.46. The van der Waals surface area contributed by atoms with Crippen molar-refractivity contribution in [3.05, 3.63) is 63.7 Å². The van der Waals surface area contributed by atoms with Gasteiger partial charge in [0.2, 0.25) is 0 Å². The maximum absolute atomic E-state index is 14.9. The Morgan fingerprint density at radius 1 is 1.06 bits per heavy atom. The Morgan fingerprint density at radius 2 is 1.61 bits per heavy atom. The second kappa shape index (κ2) is 8.63. The number of hydrogen-bond donors (Lipinski definition) is 0. The summed E-state index contributed by atoms with van der Waals surface area (Å²) in [5, 5.41) is 11.3. The third kappa shape index (κ3) is 4.69. The van der Waals surface area contributed by atoms with Crippen LogP contribution in [-0.2, 0) is 11.3 Å². The van der Waals surface area contributed by atoms with E-state index in [9.17, 15) is 40.8 Å². The van der Waals surface area contributed by atoms with Crippen LogP contribution in [0.2, 0.25) is 0 Å². The lowest BCUT2D eigenvalue weighted by Crippen LogP contribution is -2.64. The minimum absolute atomic E-state index is 0.145. The van der Waals surface area contributed by atoms with Gasteiger partial charge in [-0.25, -0.2) is 4.39 Å². The fourth-order valence-electron chi connectivity index (χ4n) is 2.97. The minimum Gasteiger partial charge on any atom is -0.497 e. The van der Waals surface area contributed by atoms with Crippen LogP contribution in [0.15, 0.2) is 48.0 Å². The van der Waals surface area contributed by atoms with E-state index in [2.05, 4.69) is 0 Å². The number of alkyl halides is 7. The predicted molar refractivity (Wildman–Crippen MR) is 93.1 cm³/mol. The molecule has 0 N–H and O–H groups in total. The number of rotatable bonds is 7. The van der Waals surface area contributed by atoms with Crippen molar-refractivity contribution >= 4 is 0 Å². The van der Waals surface area contributed by atoms with Gasteiger partial charge in [-0.1, -0.05) is 12.1 Å². The maximum Gasteiger partial charge on any atom is 0.434 e. The standard InChI is InChI=1S/C18H17F7N2O4/c1-3-31-14-8-15(16(19,17(20,21)22)18(23,24)25)26(10-13(14)27(28)29)9-11-4-6-12(30-2)7-5-11/h4-8,10,15H,3,9H2,1-2H3. The average Bonchev–Trinajstić information content (AvgIpc) is 2.67. The van der Waals surface area contributed by atoms with Gasteiger partial charge < -0.3 is 14.4 Å². The van der Waals surface area contributed by atoms with Crippen molar-refractivity contribution in [2.45, 2.75) is 37.5 Å². The molecule has 0 fully saturated rings. The van der Waals surface area contributed by atoms with Gasteiger partial charge in [0.05, 0.1) is 24.8 Å². The van der Waals surface area contributed by atoms with Crippen molar-refractivity contribution in [2.75, 3.05) is 13.7 Å². The Balaban J connectivity index is 2.64. The monoisotopic (exact) mass is 458 g/mol. The molecule has 1 unspecified atom stereocenters. The summed E-state index contributed by atoms with van der Waals surface area (Å²) in [6, 6.07) is 2.38. The van der Waals surface area contributed by atoms with Crippen LogP contribution in [0, 0.1) is 10.1 Å². The Hall–Kier alpha value is -2.99. The highest BCUT2D eigenvalue weighted by atomic mass is 19.4. The number of methoxy groups -OCH3 is 1. The van der Waals surface area contributed by atoms with Crippen LogP contribution in [0.1, 0.15) is 12.5 Å². The molecule has 0 bridgehead atoms. The molecule has 1 heterocycles. The van der Waals surface area contributed by atoms with Crippen LogP contribution in [0.4, 0.5) is 30.7 Å². The van der Waals surface area contributed by atoms with Crippen LogP contribution in [-0.4, -0.2) is 47.6 Å². The smallest absolute Gasteiger partial charge is 0.434 e. The third-order valence-electron chi connectivity index (χ3n) is 4.46. The molecule has 0 saturated carbocycles. The molecule has 1 aliphatic rings. The van der Waals surface area contributed by atoms with Gasteiger partial charge in [-0.05, 0) is 30.7 Å². The van der Waals surface area contributed by atoms with Crippen LogP contribution in [0.25, 0.3) is 0 Å². The molecule has 2 rings (SSSR count). The van der Waals surface area contributed by atoms with E-state index in [4.69, 9.17) is 9.47 Å². The van der Waals surface area contributed by atoms with Gasteiger partial charge in [0.15, 0.2) is 5.76 Å². The molecule has 13 heteroatoms. The Morgan fingerprint density at radius 3 is 2.03 bits per heavy atom. The number of hydrogen-bond acceptors (Lipinski definition) is 5. The molecule has 0 aromatic heterocycles. The van der Waals surface area contributed by atoms with E-state index in [0.29, 0.717) is 11.9 Å². The molecule has 1 atom stereocenters. The molecule has 172 valence electrons. The van der Waals surface area contributed by atoms with Gasteiger partial charge in [-0.2, -0.15) is 26.3 Å². The number of halogens is 7. The van der Waals surface area contributed by atoms with Crippen LogP contribution < -0.4 is 4.74 Å².